The van der Waals surface area contributed by atoms with Crippen molar-refractivity contribution >= 4 is 22.7 Å². The summed E-state index contributed by atoms with van der Waals surface area (Å²) in [5, 5.41) is 5.79. The molecule has 0 fully saturated rings. The fraction of sp³-hybridized carbons (Fsp3) is 0.462. The second kappa shape index (κ2) is 5.56. The molecule has 17 heavy (non-hydrogen) atoms. The van der Waals surface area contributed by atoms with Gasteiger partial charge >= 0.3 is 0 Å². The van der Waals surface area contributed by atoms with Gasteiger partial charge in [-0.1, -0.05) is 25.1 Å². The third kappa shape index (κ3) is 2.82. The highest BCUT2D eigenvalue weighted by molar-refractivity contribution is 7.99. The van der Waals surface area contributed by atoms with Crippen LogP contribution in [-0.2, 0) is 13.5 Å². The molecule has 1 aromatic heterocycles. The van der Waals surface area contributed by atoms with Crippen molar-refractivity contribution in [2.24, 2.45) is 12.8 Å². The molecule has 2 rings (SSSR count). The summed E-state index contributed by atoms with van der Waals surface area (Å²) in [6.07, 6.45) is 0.856. The molecule has 0 saturated heterocycles. The van der Waals surface area contributed by atoms with Crippen molar-refractivity contribution in [1.29, 1.82) is 0 Å². The number of benzene rings is 1. The van der Waals surface area contributed by atoms with Gasteiger partial charge in [0.25, 0.3) is 0 Å². The minimum Gasteiger partial charge on any atom is -0.327 e. The Kier molecular flexibility index (Phi) is 4.07. The number of para-hydroxylation sites is 1. The van der Waals surface area contributed by atoms with Gasteiger partial charge in [-0.05, 0) is 11.8 Å². The molecule has 4 heteroatoms. The highest BCUT2D eigenvalue weighted by atomic mass is 32.2. The van der Waals surface area contributed by atoms with Crippen LogP contribution in [0.25, 0.3) is 10.9 Å². The van der Waals surface area contributed by atoms with Crippen molar-refractivity contribution in [3.05, 3.63) is 30.0 Å². The summed E-state index contributed by atoms with van der Waals surface area (Å²) in [4.78, 5) is 0. The van der Waals surface area contributed by atoms with Gasteiger partial charge in [-0.3, -0.25) is 4.68 Å². The topological polar surface area (TPSA) is 43.8 Å². The molecule has 0 aliphatic carbocycles. The van der Waals surface area contributed by atoms with Crippen LogP contribution in [0, 0.1) is 0 Å². The van der Waals surface area contributed by atoms with Crippen LogP contribution in [0.15, 0.2) is 24.3 Å². The third-order valence-corrected chi connectivity index (χ3v) is 3.90. The van der Waals surface area contributed by atoms with E-state index in [1.54, 1.807) is 0 Å². The largest absolute Gasteiger partial charge is 0.327 e. The molecule has 1 heterocycles. The van der Waals surface area contributed by atoms with Crippen molar-refractivity contribution in [3.8, 4) is 0 Å². The maximum atomic E-state index is 6.12. The van der Waals surface area contributed by atoms with Crippen LogP contribution in [-0.4, -0.2) is 27.3 Å². The van der Waals surface area contributed by atoms with Crippen molar-refractivity contribution in [1.82, 2.24) is 9.78 Å². The minimum atomic E-state index is 0.193. The Morgan fingerprint density at radius 1 is 1.41 bits per heavy atom. The Hall–Kier alpha value is -1.00. The molecule has 0 aliphatic heterocycles. The molecule has 0 aliphatic rings. The Bertz CT molecular complexity index is 492. The standard InChI is InChI=1S/C13H19N3S/c1-3-17-9-10(14)8-12-11-6-4-5-7-13(11)16(2)15-12/h4-7,10H,3,8-9,14H2,1-2H3. The maximum absolute atomic E-state index is 6.12. The van der Waals surface area contributed by atoms with Crippen molar-refractivity contribution in [3.63, 3.8) is 0 Å². The summed E-state index contributed by atoms with van der Waals surface area (Å²) in [5.74, 6) is 2.12. The smallest absolute Gasteiger partial charge is 0.0718 e. The van der Waals surface area contributed by atoms with Gasteiger partial charge in [-0.2, -0.15) is 16.9 Å². The number of fused-ring (bicyclic) bond motifs is 1. The van der Waals surface area contributed by atoms with E-state index in [4.69, 9.17) is 5.73 Å². The number of nitrogens with two attached hydrogens (primary N) is 1. The second-order valence-corrected chi connectivity index (χ2v) is 5.53. The zero-order valence-electron chi connectivity index (χ0n) is 10.4. The Balaban J connectivity index is 2.18. The van der Waals surface area contributed by atoms with Crippen LogP contribution in [0.1, 0.15) is 12.6 Å². The molecular formula is C13H19N3S. The maximum Gasteiger partial charge on any atom is 0.0718 e. The molecular weight excluding hydrogens is 230 g/mol. The predicted octanol–water partition coefficient (Wildman–Crippen LogP) is 2.20. The highest BCUT2D eigenvalue weighted by Gasteiger charge is 2.11. The number of hydrogen-bond donors (Lipinski definition) is 1. The van der Waals surface area contributed by atoms with Gasteiger partial charge in [0, 0.05) is 30.6 Å². The first-order valence-electron chi connectivity index (χ1n) is 5.96. The predicted molar refractivity (Wildman–Crippen MR) is 75.4 cm³/mol. The highest BCUT2D eigenvalue weighted by Crippen LogP contribution is 2.19. The minimum absolute atomic E-state index is 0.193. The van der Waals surface area contributed by atoms with Crippen molar-refractivity contribution < 1.29 is 0 Å². The van der Waals surface area contributed by atoms with Gasteiger partial charge in [0.2, 0.25) is 0 Å². The molecule has 0 radical (unpaired) electrons. The normalized spacial score (nSPS) is 13.1. The van der Waals surface area contributed by atoms with Gasteiger partial charge in [0.05, 0.1) is 11.2 Å². The van der Waals surface area contributed by atoms with Crippen molar-refractivity contribution in [2.75, 3.05) is 11.5 Å². The number of rotatable bonds is 5. The molecule has 1 atom stereocenters. The number of thioether (sulfide) groups is 1. The number of nitrogens with zero attached hydrogens (tertiary/aromatic N) is 2. The lowest BCUT2D eigenvalue weighted by atomic mass is 10.1. The molecule has 0 saturated carbocycles. The lowest BCUT2D eigenvalue weighted by Crippen LogP contribution is -2.26. The molecule has 0 amide bonds. The Morgan fingerprint density at radius 2 is 2.18 bits per heavy atom. The zero-order valence-corrected chi connectivity index (χ0v) is 11.2. The quantitative estimate of drug-likeness (QED) is 0.883. The van der Waals surface area contributed by atoms with Crippen LogP contribution in [0.3, 0.4) is 0 Å². The van der Waals surface area contributed by atoms with E-state index in [0.29, 0.717) is 0 Å². The summed E-state index contributed by atoms with van der Waals surface area (Å²) in [7, 11) is 1.98. The third-order valence-electron chi connectivity index (χ3n) is 2.83. The van der Waals surface area contributed by atoms with Crippen LogP contribution in [0.5, 0.6) is 0 Å². The van der Waals surface area contributed by atoms with Gasteiger partial charge in [-0.15, -0.1) is 0 Å². The fourth-order valence-electron chi connectivity index (χ4n) is 2.02. The first-order chi connectivity index (χ1) is 8.22. The van der Waals surface area contributed by atoms with Gasteiger partial charge < -0.3 is 5.73 Å². The number of aryl methyl sites for hydroxylation is 1. The average Bonchev–Trinajstić information content (AvgIpc) is 2.65. The van der Waals surface area contributed by atoms with E-state index < -0.39 is 0 Å². The summed E-state index contributed by atoms with van der Waals surface area (Å²) in [6, 6.07) is 8.51. The van der Waals surface area contributed by atoms with Crippen LogP contribution >= 0.6 is 11.8 Å². The lowest BCUT2D eigenvalue weighted by molar-refractivity contribution is 0.700. The van der Waals surface area contributed by atoms with Crippen LogP contribution in [0.4, 0.5) is 0 Å². The number of aromatic nitrogens is 2. The summed E-state index contributed by atoms with van der Waals surface area (Å²) >= 11 is 1.89. The molecule has 0 spiro atoms. The summed E-state index contributed by atoms with van der Waals surface area (Å²) in [6.45, 7) is 2.16. The molecule has 0 bridgehead atoms. The van der Waals surface area contributed by atoms with Crippen LogP contribution in [0.2, 0.25) is 0 Å². The van der Waals surface area contributed by atoms with Crippen LogP contribution < -0.4 is 5.73 Å². The van der Waals surface area contributed by atoms with E-state index in [0.717, 1.165) is 23.6 Å². The van der Waals surface area contributed by atoms with Gasteiger partial charge in [0.1, 0.15) is 0 Å². The monoisotopic (exact) mass is 249 g/mol. The van der Waals surface area contributed by atoms with Crippen molar-refractivity contribution in [2.45, 2.75) is 19.4 Å². The number of hydrogen-bond acceptors (Lipinski definition) is 3. The van der Waals surface area contributed by atoms with Gasteiger partial charge in [0.15, 0.2) is 0 Å². The molecule has 1 aromatic carbocycles. The van der Waals surface area contributed by atoms with E-state index in [1.165, 1.54) is 10.9 Å². The van der Waals surface area contributed by atoms with E-state index in [-0.39, 0.29) is 6.04 Å². The zero-order chi connectivity index (χ0) is 12.3. The molecule has 92 valence electrons. The fourth-order valence-corrected chi connectivity index (χ4v) is 2.67. The van der Waals surface area contributed by atoms with Gasteiger partial charge in [-0.25, -0.2) is 0 Å². The second-order valence-electron chi connectivity index (χ2n) is 4.21. The van der Waals surface area contributed by atoms with E-state index >= 15 is 0 Å². The molecule has 2 N–H and O–H groups in total. The molecule has 1 unspecified atom stereocenters. The van der Waals surface area contributed by atoms with E-state index in [1.807, 2.05) is 29.6 Å². The average molecular weight is 249 g/mol. The van der Waals surface area contributed by atoms with E-state index in [2.05, 4.69) is 30.2 Å². The molecule has 2 aromatic rings. The first-order valence-corrected chi connectivity index (χ1v) is 7.11. The summed E-state index contributed by atoms with van der Waals surface area (Å²) < 4.78 is 1.93. The Labute approximate surface area is 106 Å². The SMILES string of the molecule is CCSCC(N)Cc1nn(C)c2ccccc12. The summed E-state index contributed by atoms with van der Waals surface area (Å²) in [5.41, 5.74) is 8.42. The lowest BCUT2D eigenvalue weighted by Gasteiger charge is -2.08. The molecule has 3 nitrogen and oxygen atoms in total. The Morgan fingerprint density at radius 3 is 2.94 bits per heavy atom. The van der Waals surface area contributed by atoms with E-state index in [9.17, 15) is 0 Å². The first kappa shape index (κ1) is 12.5.